The molecule has 2 aromatic carbocycles. The van der Waals surface area contributed by atoms with Crippen LogP contribution in [0.2, 0.25) is 0 Å². The van der Waals surface area contributed by atoms with E-state index in [4.69, 9.17) is 0 Å². The van der Waals surface area contributed by atoms with Crippen molar-refractivity contribution in [1.82, 2.24) is 0 Å². The Labute approximate surface area is 127 Å². The third kappa shape index (κ3) is 4.11. The van der Waals surface area contributed by atoms with Gasteiger partial charge in [-0.25, -0.2) is 8.78 Å². The summed E-state index contributed by atoms with van der Waals surface area (Å²) in [5.74, 6) is -1.38. The molecule has 0 aliphatic rings. The van der Waals surface area contributed by atoms with E-state index in [0.717, 1.165) is 18.2 Å². The van der Waals surface area contributed by atoms with Crippen molar-refractivity contribution in [2.45, 2.75) is 25.9 Å². The third-order valence-corrected chi connectivity index (χ3v) is 3.31. The number of aliphatic hydroxyl groups is 1. The fourth-order valence-corrected chi connectivity index (χ4v) is 2.17. The highest BCUT2D eigenvalue weighted by Crippen LogP contribution is 2.22. The average molecular weight is 305 g/mol. The standard InChI is InChI=1S/C17H17F2NO2/c1-11(21)14-4-2-3-5-16(14)20-17(22)9-6-12-10-13(18)7-8-15(12)19/h2-5,7-8,10-11,21H,6,9H2,1H3,(H,20,22). The van der Waals surface area contributed by atoms with E-state index < -0.39 is 17.7 Å². The fraction of sp³-hybridized carbons (Fsp3) is 0.235. The van der Waals surface area contributed by atoms with Gasteiger partial charge < -0.3 is 10.4 Å². The maximum Gasteiger partial charge on any atom is 0.224 e. The molecule has 1 atom stereocenters. The molecule has 1 amide bonds. The Morgan fingerprint density at radius 3 is 2.68 bits per heavy atom. The molecule has 2 aromatic rings. The van der Waals surface area contributed by atoms with Crippen LogP contribution in [0.1, 0.15) is 30.6 Å². The normalized spacial score (nSPS) is 12.0. The third-order valence-electron chi connectivity index (χ3n) is 3.31. The quantitative estimate of drug-likeness (QED) is 0.887. The number of anilines is 1. The van der Waals surface area contributed by atoms with E-state index in [-0.39, 0.29) is 24.3 Å². The molecule has 116 valence electrons. The summed E-state index contributed by atoms with van der Waals surface area (Å²) >= 11 is 0. The molecule has 0 fully saturated rings. The van der Waals surface area contributed by atoms with Crippen molar-refractivity contribution in [3.63, 3.8) is 0 Å². The number of hydrogen-bond acceptors (Lipinski definition) is 2. The Kier molecular flexibility index (Phi) is 5.22. The first-order valence-electron chi connectivity index (χ1n) is 6.98. The second-order valence-electron chi connectivity index (χ2n) is 5.05. The summed E-state index contributed by atoms with van der Waals surface area (Å²) in [6.07, 6.45) is -0.585. The number of para-hydroxylation sites is 1. The molecule has 2 rings (SSSR count). The summed E-state index contributed by atoms with van der Waals surface area (Å²) in [5.41, 5.74) is 1.29. The lowest BCUT2D eigenvalue weighted by molar-refractivity contribution is -0.116. The van der Waals surface area contributed by atoms with Crippen molar-refractivity contribution in [3.8, 4) is 0 Å². The summed E-state index contributed by atoms with van der Waals surface area (Å²) in [4.78, 5) is 11.9. The van der Waals surface area contributed by atoms with Gasteiger partial charge in [-0.3, -0.25) is 4.79 Å². The minimum atomic E-state index is -0.711. The van der Waals surface area contributed by atoms with E-state index in [1.54, 1.807) is 31.2 Å². The number of carbonyl (C=O) groups is 1. The van der Waals surface area contributed by atoms with Crippen molar-refractivity contribution in [2.75, 3.05) is 5.32 Å². The Morgan fingerprint density at radius 1 is 1.23 bits per heavy atom. The van der Waals surface area contributed by atoms with Crippen LogP contribution in [0.4, 0.5) is 14.5 Å². The van der Waals surface area contributed by atoms with Gasteiger partial charge in [0.05, 0.1) is 6.10 Å². The van der Waals surface area contributed by atoms with Crippen LogP contribution in [-0.4, -0.2) is 11.0 Å². The number of benzene rings is 2. The van der Waals surface area contributed by atoms with Crippen LogP contribution in [0.5, 0.6) is 0 Å². The number of amides is 1. The van der Waals surface area contributed by atoms with E-state index >= 15 is 0 Å². The summed E-state index contributed by atoms with van der Waals surface area (Å²) in [7, 11) is 0. The minimum Gasteiger partial charge on any atom is -0.389 e. The van der Waals surface area contributed by atoms with Crippen molar-refractivity contribution < 1.29 is 18.7 Å². The fourth-order valence-electron chi connectivity index (χ4n) is 2.17. The molecule has 0 aromatic heterocycles. The molecule has 2 N–H and O–H groups in total. The molecule has 0 aliphatic heterocycles. The SMILES string of the molecule is CC(O)c1ccccc1NC(=O)CCc1cc(F)ccc1F. The van der Waals surface area contributed by atoms with Crippen molar-refractivity contribution >= 4 is 11.6 Å². The Hall–Kier alpha value is -2.27. The molecule has 0 saturated carbocycles. The van der Waals surface area contributed by atoms with Gasteiger partial charge in [0.1, 0.15) is 11.6 Å². The van der Waals surface area contributed by atoms with Crippen LogP contribution < -0.4 is 5.32 Å². The molecule has 0 spiro atoms. The van der Waals surface area contributed by atoms with E-state index in [1.165, 1.54) is 0 Å². The van der Waals surface area contributed by atoms with Crippen molar-refractivity contribution in [3.05, 3.63) is 65.2 Å². The van der Waals surface area contributed by atoms with Crippen LogP contribution in [0.3, 0.4) is 0 Å². The van der Waals surface area contributed by atoms with Crippen molar-refractivity contribution in [1.29, 1.82) is 0 Å². The van der Waals surface area contributed by atoms with Gasteiger partial charge in [0.2, 0.25) is 5.91 Å². The highest BCUT2D eigenvalue weighted by atomic mass is 19.1. The van der Waals surface area contributed by atoms with Gasteiger partial charge in [0.15, 0.2) is 0 Å². The zero-order valence-electron chi connectivity index (χ0n) is 12.1. The van der Waals surface area contributed by atoms with Gasteiger partial charge in [0, 0.05) is 17.7 Å². The van der Waals surface area contributed by atoms with Gasteiger partial charge in [0.25, 0.3) is 0 Å². The molecule has 3 nitrogen and oxygen atoms in total. The number of aryl methyl sites for hydroxylation is 1. The zero-order valence-corrected chi connectivity index (χ0v) is 12.1. The number of rotatable bonds is 5. The first kappa shape index (κ1) is 16.1. The van der Waals surface area contributed by atoms with Crippen LogP contribution in [0.15, 0.2) is 42.5 Å². The molecule has 0 aliphatic carbocycles. The molecule has 0 bridgehead atoms. The van der Waals surface area contributed by atoms with Crippen LogP contribution in [0.25, 0.3) is 0 Å². The zero-order chi connectivity index (χ0) is 16.1. The van der Waals surface area contributed by atoms with E-state index in [1.807, 2.05) is 0 Å². The van der Waals surface area contributed by atoms with Crippen molar-refractivity contribution in [2.24, 2.45) is 0 Å². The molecule has 0 radical (unpaired) electrons. The number of nitrogens with one attached hydrogen (secondary N) is 1. The predicted octanol–water partition coefficient (Wildman–Crippen LogP) is 3.59. The molecule has 0 saturated heterocycles. The molecular formula is C17H17F2NO2. The van der Waals surface area contributed by atoms with Gasteiger partial charge in [-0.15, -0.1) is 0 Å². The second kappa shape index (κ2) is 7.13. The Morgan fingerprint density at radius 2 is 1.95 bits per heavy atom. The maximum atomic E-state index is 13.5. The highest BCUT2D eigenvalue weighted by molar-refractivity contribution is 5.91. The summed E-state index contributed by atoms with van der Waals surface area (Å²) in [6, 6.07) is 10.1. The van der Waals surface area contributed by atoms with Crippen LogP contribution >= 0.6 is 0 Å². The van der Waals surface area contributed by atoms with Gasteiger partial charge in [-0.05, 0) is 43.2 Å². The summed E-state index contributed by atoms with van der Waals surface area (Å²) in [6.45, 7) is 1.60. The number of hydrogen-bond donors (Lipinski definition) is 2. The van der Waals surface area contributed by atoms with Gasteiger partial charge in [-0.2, -0.15) is 0 Å². The Balaban J connectivity index is 2.01. The lowest BCUT2D eigenvalue weighted by atomic mass is 10.1. The number of aliphatic hydroxyl groups excluding tert-OH is 1. The topological polar surface area (TPSA) is 49.3 Å². The first-order valence-corrected chi connectivity index (χ1v) is 6.98. The summed E-state index contributed by atoms with van der Waals surface area (Å²) in [5, 5.41) is 12.3. The number of carbonyl (C=O) groups excluding carboxylic acids is 1. The highest BCUT2D eigenvalue weighted by Gasteiger charge is 2.11. The molecule has 0 heterocycles. The smallest absolute Gasteiger partial charge is 0.224 e. The van der Waals surface area contributed by atoms with Crippen LogP contribution in [0, 0.1) is 11.6 Å². The molecule has 5 heteroatoms. The Bertz CT molecular complexity index is 671. The summed E-state index contributed by atoms with van der Waals surface area (Å²) < 4.78 is 26.6. The second-order valence-corrected chi connectivity index (χ2v) is 5.05. The van der Waals surface area contributed by atoms with E-state index in [0.29, 0.717) is 11.3 Å². The minimum absolute atomic E-state index is 0.0223. The maximum absolute atomic E-state index is 13.5. The predicted molar refractivity (Wildman–Crippen MR) is 80.4 cm³/mol. The average Bonchev–Trinajstić information content (AvgIpc) is 2.48. The molecule has 22 heavy (non-hydrogen) atoms. The van der Waals surface area contributed by atoms with E-state index in [2.05, 4.69) is 5.32 Å². The first-order chi connectivity index (χ1) is 10.5. The lowest BCUT2D eigenvalue weighted by Gasteiger charge is -2.13. The van der Waals surface area contributed by atoms with Gasteiger partial charge >= 0.3 is 0 Å². The number of halogens is 2. The van der Waals surface area contributed by atoms with Gasteiger partial charge in [-0.1, -0.05) is 18.2 Å². The lowest BCUT2D eigenvalue weighted by Crippen LogP contribution is -2.14. The molecule has 1 unspecified atom stereocenters. The largest absolute Gasteiger partial charge is 0.389 e. The monoisotopic (exact) mass is 305 g/mol. The molecular weight excluding hydrogens is 288 g/mol. The van der Waals surface area contributed by atoms with E-state index in [9.17, 15) is 18.7 Å². The van der Waals surface area contributed by atoms with Crippen LogP contribution in [-0.2, 0) is 11.2 Å².